The molecule has 3 aromatic rings. The first-order valence-electron chi connectivity index (χ1n) is 8.33. The Hall–Kier alpha value is -2.38. The molecule has 0 spiro atoms. The second-order valence-electron chi connectivity index (χ2n) is 6.02. The number of halogens is 1. The number of anilines is 1. The van der Waals surface area contributed by atoms with E-state index in [1.165, 1.54) is 22.5 Å². The van der Waals surface area contributed by atoms with Crippen LogP contribution in [0.25, 0.3) is 5.69 Å². The number of carbonyl (C=O) groups excluding carboxylic acids is 1. The largest absolute Gasteiger partial charge is 0.325 e. The fraction of sp³-hybridized carbons (Fsp3) is 0.150. The maximum atomic E-state index is 12.4. The highest BCUT2D eigenvalue weighted by molar-refractivity contribution is 9.10. The molecule has 1 aromatic heterocycles. The molecular weight excluding hydrogens is 426 g/mol. The summed E-state index contributed by atoms with van der Waals surface area (Å²) in [5.74, 6) is -0.131. The number of amides is 1. The molecule has 1 amide bonds. The molecule has 1 unspecified atom stereocenters. The van der Waals surface area contributed by atoms with Gasteiger partial charge in [-0.1, -0.05) is 51.5 Å². The van der Waals surface area contributed by atoms with Gasteiger partial charge in [-0.3, -0.25) is 9.59 Å². The molecule has 27 heavy (non-hydrogen) atoms. The van der Waals surface area contributed by atoms with E-state index in [4.69, 9.17) is 0 Å². The van der Waals surface area contributed by atoms with E-state index in [0.29, 0.717) is 10.7 Å². The van der Waals surface area contributed by atoms with Crippen molar-refractivity contribution >= 4 is 39.3 Å². The number of hydrogen-bond donors (Lipinski definition) is 1. The number of benzene rings is 2. The molecule has 3 rings (SSSR count). The Morgan fingerprint density at radius 1 is 1.15 bits per heavy atom. The predicted octanol–water partition coefficient (Wildman–Crippen LogP) is 4.42. The Kier molecular flexibility index (Phi) is 6.13. The smallest absolute Gasteiger partial charge is 0.271 e. The van der Waals surface area contributed by atoms with Gasteiger partial charge in [-0.2, -0.15) is 9.78 Å². The second-order valence-corrected chi connectivity index (χ2v) is 8.29. The number of nitrogens with one attached hydrogen (secondary N) is 1. The summed E-state index contributed by atoms with van der Waals surface area (Å²) < 4.78 is 2.24. The zero-order valence-corrected chi connectivity index (χ0v) is 17.3. The number of carbonyl (C=O) groups is 1. The van der Waals surface area contributed by atoms with Crippen molar-refractivity contribution in [3.63, 3.8) is 0 Å². The molecule has 0 radical (unpaired) electrons. The van der Waals surface area contributed by atoms with Gasteiger partial charge in [0.05, 0.1) is 10.9 Å². The zero-order valence-electron chi connectivity index (χ0n) is 14.8. The molecule has 0 fully saturated rings. The summed E-state index contributed by atoms with van der Waals surface area (Å²) >= 11 is 4.69. The minimum Gasteiger partial charge on any atom is -0.325 e. The van der Waals surface area contributed by atoms with Crippen LogP contribution >= 0.6 is 27.7 Å². The Bertz CT molecular complexity index is 1020. The molecular formula is C20H18BrN3O2S. The van der Waals surface area contributed by atoms with Crippen molar-refractivity contribution in [3.8, 4) is 5.69 Å². The van der Waals surface area contributed by atoms with E-state index in [2.05, 4.69) is 26.3 Å². The van der Waals surface area contributed by atoms with Crippen LogP contribution in [0.15, 0.2) is 75.0 Å². The summed E-state index contributed by atoms with van der Waals surface area (Å²) in [6.45, 7) is 3.79. The summed E-state index contributed by atoms with van der Waals surface area (Å²) in [4.78, 5) is 24.6. The quantitative estimate of drug-likeness (QED) is 0.592. The first-order chi connectivity index (χ1) is 12.9. The first kappa shape index (κ1) is 19.4. The lowest BCUT2D eigenvalue weighted by molar-refractivity contribution is -0.115. The molecule has 0 bridgehead atoms. The Balaban J connectivity index is 1.75. The van der Waals surface area contributed by atoms with Crippen molar-refractivity contribution in [3.05, 3.63) is 81.1 Å². The third-order valence-corrected chi connectivity index (χ3v) is 5.33. The molecule has 1 atom stereocenters. The van der Waals surface area contributed by atoms with E-state index in [9.17, 15) is 9.59 Å². The average molecular weight is 444 g/mol. The van der Waals surface area contributed by atoms with E-state index < -0.39 is 0 Å². The lowest BCUT2D eigenvalue weighted by atomic mass is 10.2. The summed E-state index contributed by atoms with van der Waals surface area (Å²) in [5.41, 5.74) is 2.31. The second kappa shape index (κ2) is 8.54. The van der Waals surface area contributed by atoms with Crippen molar-refractivity contribution in [1.82, 2.24) is 9.78 Å². The van der Waals surface area contributed by atoms with Gasteiger partial charge in [0, 0.05) is 16.2 Å². The number of aryl methyl sites for hydroxylation is 1. The van der Waals surface area contributed by atoms with Crippen molar-refractivity contribution in [2.24, 2.45) is 0 Å². The Morgan fingerprint density at radius 3 is 2.59 bits per heavy atom. The first-order valence-corrected chi connectivity index (χ1v) is 10.00. The summed E-state index contributed by atoms with van der Waals surface area (Å²) in [5, 5.41) is 7.51. The summed E-state index contributed by atoms with van der Waals surface area (Å²) in [6.07, 6.45) is 0. The molecule has 5 nitrogen and oxygen atoms in total. The number of hydrogen-bond acceptors (Lipinski definition) is 4. The highest BCUT2D eigenvalue weighted by Gasteiger charge is 2.16. The average Bonchev–Trinajstić information content (AvgIpc) is 2.64. The summed E-state index contributed by atoms with van der Waals surface area (Å²) in [7, 11) is 0. The van der Waals surface area contributed by atoms with Gasteiger partial charge in [0.1, 0.15) is 5.03 Å². The molecule has 7 heteroatoms. The topological polar surface area (TPSA) is 64.0 Å². The van der Waals surface area contributed by atoms with Crippen molar-refractivity contribution < 1.29 is 4.79 Å². The monoisotopic (exact) mass is 443 g/mol. The molecule has 2 aromatic carbocycles. The molecule has 0 saturated carbocycles. The van der Waals surface area contributed by atoms with Gasteiger partial charge < -0.3 is 5.32 Å². The minimum absolute atomic E-state index is 0.131. The maximum absolute atomic E-state index is 12.4. The molecule has 0 aliphatic heterocycles. The minimum atomic E-state index is -0.375. The zero-order chi connectivity index (χ0) is 19.4. The van der Waals surface area contributed by atoms with Crippen molar-refractivity contribution in [2.75, 3.05) is 5.32 Å². The van der Waals surface area contributed by atoms with E-state index >= 15 is 0 Å². The third kappa shape index (κ3) is 5.08. The van der Waals surface area contributed by atoms with E-state index in [1.807, 2.05) is 55.5 Å². The van der Waals surface area contributed by atoms with E-state index in [-0.39, 0.29) is 16.7 Å². The molecule has 138 valence electrons. The fourth-order valence-corrected chi connectivity index (χ4v) is 3.58. The van der Waals surface area contributed by atoms with Crippen molar-refractivity contribution in [1.29, 1.82) is 0 Å². The van der Waals surface area contributed by atoms with Crippen LogP contribution in [-0.2, 0) is 4.79 Å². The van der Waals surface area contributed by atoms with Crippen LogP contribution in [0.5, 0.6) is 0 Å². The van der Waals surface area contributed by atoms with Gasteiger partial charge in [0.15, 0.2) is 0 Å². The lowest BCUT2D eigenvalue weighted by Crippen LogP contribution is -2.24. The van der Waals surface area contributed by atoms with Crippen LogP contribution in [-0.4, -0.2) is 20.9 Å². The molecule has 0 aliphatic rings. The lowest BCUT2D eigenvalue weighted by Gasteiger charge is -2.13. The van der Waals surface area contributed by atoms with Gasteiger partial charge >= 0.3 is 0 Å². The highest BCUT2D eigenvalue weighted by atomic mass is 79.9. The predicted molar refractivity (Wildman–Crippen MR) is 113 cm³/mol. The van der Waals surface area contributed by atoms with E-state index in [0.717, 1.165) is 15.7 Å². The van der Waals surface area contributed by atoms with Crippen LogP contribution in [0.4, 0.5) is 5.69 Å². The van der Waals surface area contributed by atoms with Crippen LogP contribution in [0.2, 0.25) is 0 Å². The normalized spacial score (nSPS) is 11.8. The highest BCUT2D eigenvalue weighted by Crippen LogP contribution is 2.23. The van der Waals surface area contributed by atoms with Gasteiger partial charge in [-0.05, 0) is 50.2 Å². The van der Waals surface area contributed by atoms with Crippen LogP contribution in [0.1, 0.15) is 12.5 Å². The number of nitrogens with zero attached hydrogens (tertiary/aromatic N) is 2. The SMILES string of the molecule is Cc1ccc(-n2nc(SC(C)C(=O)Nc3cccc(Br)c3)ccc2=O)cc1. The summed E-state index contributed by atoms with van der Waals surface area (Å²) in [6, 6.07) is 18.1. The van der Waals surface area contributed by atoms with Gasteiger partial charge in [-0.15, -0.1) is 0 Å². The number of aromatic nitrogens is 2. The van der Waals surface area contributed by atoms with Gasteiger partial charge in [0.2, 0.25) is 5.91 Å². The number of thioether (sulfide) groups is 1. The van der Waals surface area contributed by atoms with Crippen LogP contribution < -0.4 is 10.9 Å². The van der Waals surface area contributed by atoms with Gasteiger partial charge in [0.25, 0.3) is 5.56 Å². The van der Waals surface area contributed by atoms with Gasteiger partial charge in [-0.25, -0.2) is 0 Å². The van der Waals surface area contributed by atoms with E-state index in [1.54, 1.807) is 13.0 Å². The molecule has 1 N–H and O–H groups in total. The van der Waals surface area contributed by atoms with Crippen molar-refractivity contribution in [2.45, 2.75) is 24.1 Å². The molecule has 0 aliphatic carbocycles. The third-order valence-electron chi connectivity index (χ3n) is 3.81. The Labute approximate surface area is 169 Å². The van der Waals surface area contributed by atoms with Crippen LogP contribution in [0, 0.1) is 6.92 Å². The standard InChI is InChI=1S/C20H18BrN3O2S/c1-13-6-8-17(9-7-13)24-19(25)11-10-18(23-24)27-14(2)20(26)22-16-5-3-4-15(21)12-16/h3-12,14H,1-2H3,(H,22,26). The molecule has 1 heterocycles. The Morgan fingerprint density at radius 2 is 1.89 bits per heavy atom. The molecule has 0 saturated heterocycles. The number of rotatable bonds is 5. The maximum Gasteiger partial charge on any atom is 0.271 e. The fourth-order valence-electron chi connectivity index (χ4n) is 2.37. The van der Waals surface area contributed by atoms with Crippen LogP contribution in [0.3, 0.4) is 0 Å².